The van der Waals surface area contributed by atoms with Crippen LogP contribution >= 0.6 is 0 Å². The number of benzene rings is 1. The summed E-state index contributed by atoms with van der Waals surface area (Å²) in [5, 5.41) is 12.8. The van der Waals surface area contributed by atoms with E-state index in [1.54, 1.807) is 23.1 Å². The van der Waals surface area contributed by atoms with Gasteiger partial charge in [0.1, 0.15) is 5.75 Å². The van der Waals surface area contributed by atoms with E-state index in [1.165, 1.54) is 0 Å². The molecular formula is C14H20N2O2. The quantitative estimate of drug-likeness (QED) is 0.856. The number of hydrogen-bond donors (Lipinski definition) is 2. The van der Waals surface area contributed by atoms with Gasteiger partial charge in [0, 0.05) is 24.8 Å². The zero-order chi connectivity index (χ0) is 13.0. The smallest absolute Gasteiger partial charge is 0.231 e. The van der Waals surface area contributed by atoms with Crippen LogP contribution in [0.5, 0.6) is 5.75 Å². The van der Waals surface area contributed by atoms with Crippen LogP contribution in [-0.2, 0) is 4.79 Å². The van der Waals surface area contributed by atoms with Crippen LogP contribution in [0.1, 0.15) is 19.8 Å². The Hall–Kier alpha value is -1.55. The van der Waals surface area contributed by atoms with Crippen LogP contribution < -0.4 is 10.2 Å². The maximum absolute atomic E-state index is 12.4. The average Bonchev–Trinajstić information content (AvgIpc) is 2.40. The van der Waals surface area contributed by atoms with E-state index in [4.69, 9.17) is 0 Å². The highest BCUT2D eigenvalue weighted by Gasteiger charge is 2.25. The number of anilines is 1. The number of carbonyl (C=O) groups excluding carboxylic acids is 1. The molecule has 0 saturated carbocycles. The van der Waals surface area contributed by atoms with Gasteiger partial charge in [0.05, 0.1) is 5.92 Å². The molecule has 1 fully saturated rings. The lowest BCUT2D eigenvalue weighted by molar-refractivity contribution is -0.122. The van der Waals surface area contributed by atoms with Gasteiger partial charge in [-0.1, -0.05) is 6.07 Å². The van der Waals surface area contributed by atoms with Gasteiger partial charge in [0.15, 0.2) is 0 Å². The van der Waals surface area contributed by atoms with E-state index in [2.05, 4.69) is 5.32 Å². The van der Waals surface area contributed by atoms with Gasteiger partial charge < -0.3 is 15.3 Å². The van der Waals surface area contributed by atoms with Gasteiger partial charge in [-0.3, -0.25) is 4.79 Å². The molecular weight excluding hydrogens is 228 g/mol. The van der Waals surface area contributed by atoms with E-state index < -0.39 is 0 Å². The summed E-state index contributed by atoms with van der Waals surface area (Å²) in [6.45, 7) is 4.34. The van der Waals surface area contributed by atoms with Crippen LogP contribution in [0.25, 0.3) is 0 Å². The van der Waals surface area contributed by atoms with E-state index >= 15 is 0 Å². The van der Waals surface area contributed by atoms with E-state index in [0.29, 0.717) is 6.54 Å². The Kier molecular flexibility index (Phi) is 4.20. The molecule has 1 saturated heterocycles. The molecule has 0 bridgehead atoms. The van der Waals surface area contributed by atoms with Crippen LogP contribution in [0.3, 0.4) is 0 Å². The normalized spacial score (nSPS) is 19.5. The molecule has 1 atom stereocenters. The van der Waals surface area contributed by atoms with E-state index in [-0.39, 0.29) is 17.6 Å². The molecule has 0 aromatic heterocycles. The highest BCUT2D eigenvalue weighted by molar-refractivity contribution is 5.95. The van der Waals surface area contributed by atoms with Crippen molar-refractivity contribution in [3.05, 3.63) is 24.3 Å². The third-order valence-electron chi connectivity index (χ3n) is 3.37. The molecule has 0 aliphatic carbocycles. The van der Waals surface area contributed by atoms with Crippen molar-refractivity contribution in [3.63, 3.8) is 0 Å². The van der Waals surface area contributed by atoms with E-state index in [1.807, 2.05) is 13.0 Å². The number of piperidine rings is 1. The lowest BCUT2D eigenvalue weighted by Gasteiger charge is -2.29. The summed E-state index contributed by atoms with van der Waals surface area (Å²) in [7, 11) is 0. The summed E-state index contributed by atoms with van der Waals surface area (Å²) in [6, 6.07) is 6.87. The Labute approximate surface area is 108 Å². The van der Waals surface area contributed by atoms with Crippen LogP contribution in [-0.4, -0.2) is 30.6 Å². The predicted octanol–water partition coefficient (Wildman–Crippen LogP) is 1.74. The van der Waals surface area contributed by atoms with Crippen LogP contribution in [0.4, 0.5) is 5.69 Å². The zero-order valence-corrected chi connectivity index (χ0v) is 10.7. The lowest BCUT2D eigenvalue weighted by atomic mass is 9.98. The van der Waals surface area contributed by atoms with Crippen molar-refractivity contribution < 1.29 is 9.90 Å². The molecule has 0 spiro atoms. The minimum atomic E-state index is 0.0565. The molecule has 1 heterocycles. The second-order valence-electron chi connectivity index (χ2n) is 4.65. The number of nitrogens with one attached hydrogen (secondary N) is 1. The van der Waals surface area contributed by atoms with Crippen molar-refractivity contribution >= 4 is 11.6 Å². The minimum Gasteiger partial charge on any atom is -0.508 e. The third-order valence-corrected chi connectivity index (χ3v) is 3.37. The summed E-state index contributed by atoms with van der Waals surface area (Å²) in [4.78, 5) is 14.2. The number of phenolic OH excluding ortho intramolecular Hbond substituents is 1. The molecule has 1 amide bonds. The van der Waals surface area contributed by atoms with Gasteiger partial charge in [-0.15, -0.1) is 0 Å². The molecule has 2 N–H and O–H groups in total. The molecule has 1 aliphatic rings. The standard InChI is InChI=1S/C14H20N2O2/c1-2-16(12-6-3-7-13(17)9-12)14(18)11-5-4-8-15-10-11/h3,6-7,9,11,15,17H,2,4-5,8,10H2,1H3. The first-order valence-electron chi connectivity index (χ1n) is 6.53. The number of rotatable bonds is 3. The third kappa shape index (κ3) is 2.82. The molecule has 18 heavy (non-hydrogen) atoms. The first-order valence-corrected chi connectivity index (χ1v) is 6.53. The van der Waals surface area contributed by atoms with Crippen molar-refractivity contribution in [3.8, 4) is 5.75 Å². The second kappa shape index (κ2) is 5.87. The van der Waals surface area contributed by atoms with Crippen molar-refractivity contribution in [2.24, 2.45) is 5.92 Å². The number of amides is 1. The Morgan fingerprint density at radius 3 is 3.00 bits per heavy atom. The largest absolute Gasteiger partial charge is 0.508 e. The summed E-state index contributed by atoms with van der Waals surface area (Å²) in [5.74, 6) is 0.400. The first-order chi connectivity index (χ1) is 8.72. The highest BCUT2D eigenvalue weighted by Crippen LogP contribution is 2.23. The molecule has 2 rings (SSSR count). The number of hydrogen-bond acceptors (Lipinski definition) is 3. The van der Waals surface area contributed by atoms with Gasteiger partial charge in [-0.05, 0) is 38.4 Å². The molecule has 1 aromatic rings. The van der Waals surface area contributed by atoms with Crippen LogP contribution in [0.15, 0.2) is 24.3 Å². The maximum atomic E-state index is 12.4. The first kappa shape index (κ1) is 12.9. The number of nitrogens with zero attached hydrogens (tertiary/aromatic N) is 1. The van der Waals surface area contributed by atoms with Gasteiger partial charge in [-0.2, -0.15) is 0 Å². The Bertz CT molecular complexity index is 414. The van der Waals surface area contributed by atoms with Crippen LogP contribution in [0, 0.1) is 5.92 Å². The summed E-state index contributed by atoms with van der Waals surface area (Å²) in [5.41, 5.74) is 0.771. The van der Waals surface area contributed by atoms with Gasteiger partial charge in [-0.25, -0.2) is 0 Å². The SMILES string of the molecule is CCN(C(=O)C1CCCNC1)c1cccc(O)c1. The fourth-order valence-electron chi connectivity index (χ4n) is 2.41. The monoisotopic (exact) mass is 248 g/mol. The topological polar surface area (TPSA) is 52.6 Å². The van der Waals surface area contributed by atoms with Gasteiger partial charge >= 0.3 is 0 Å². The summed E-state index contributed by atoms with van der Waals surface area (Å²) in [6.07, 6.45) is 2.00. The molecule has 4 nitrogen and oxygen atoms in total. The molecule has 4 heteroatoms. The molecule has 1 unspecified atom stereocenters. The fraction of sp³-hybridized carbons (Fsp3) is 0.500. The summed E-state index contributed by atoms with van der Waals surface area (Å²) < 4.78 is 0. The average molecular weight is 248 g/mol. The Morgan fingerprint density at radius 1 is 1.56 bits per heavy atom. The lowest BCUT2D eigenvalue weighted by Crippen LogP contribution is -2.43. The van der Waals surface area contributed by atoms with Crippen molar-refractivity contribution in [1.29, 1.82) is 0 Å². The Balaban J connectivity index is 2.14. The molecule has 98 valence electrons. The fourth-order valence-corrected chi connectivity index (χ4v) is 2.41. The molecule has 0 radical (unpaired) electrons. The minimum absolute atomic E-state index is 0.0565. The Morgan fingerprint density at radius 2 is 2.39 bits per heavy atom. The van der Waals surface area contributed by atoms with Crippen LogP contribution in [0.2, 0.25) is 0 Å². The van der Waals surface area contributed by atoms with Gasteiger partial charge in [0.25, 0.3) is 0 Å². The second-order valence-corrected chi connectivity index (χ2v) is 4.65. The zero-order valence-electron chi connectivity index (χ0n) is 10.7. The van der Waals surface area contributed by atoms with Crippen molar-refractivity contribution in [1.82, 2.24) is 5.32 Å². The van der Waals surface area contributed by atoms with E-state index in [0.717, 1.165) is 31.6 Å². The van der Waals surface area contributed by atoms with E-state index in [9.17, 15) is 9.90 Å². The molecule has 1 aliphatic heterocycles. The number of aromatic hydroxyl groups is 1. The number of phenols is 1. The highest BCUT2D eigenvalue weighted by atomic mass is 16.3. The summed E-state index contributed by atoms with van der Waals surface area (Å²) >= 11 is 0. The predicted molar refractivity (Wildman–Crippen MR) is 71.7 cm³/mol. The van der Waals surface area contributed by atoms with Crippen molar-refractivity contribution in [2.45, 2.75) is 19.8 Å². The maximum Gasteiger partial charge on any atom is 0.231 e. The van der Waals surface area contributed by atoms with Crippen molar-refractivity contribution in [2.75, 3.05) is 24.5 Å². The van der Waals surface area contributed by atoms with Gasteiger partial charge in [0.2, 0.25) is 5.91 Å². The molecule has 1 aromatic carbocycles. The number of carbonyl (C=O) groups is 1.